The number of hydrogen-bond acceptors (Lipinski definition) is 2. The average molecular weight is 218 g/mol. The van der Waals surface area contributed by atoms with E-state index in [1.807, 2.05) is 24.3 Å². The van der Waals surface area contributed by atoms with Gasteiger partial charge >= 0.3 is 0 Å². The Balaban J connectivity index is 2.02. The van der Waals surface area contributed by atoms with Gasteiger partial charge in [-0.05, 0) is 37.0 Å². The molecule has 1 fully saturated rings. The highest BCUT2D eigenvalue weighted by Crippen LogP contribution is 2.29. The highest BCUT2D eigenvalue weighted by atomic mass is 16.1. The molecule has 86 valence electrons. The van der Waals surface area contributed by atoms with Crippen molar-refractivity contribution >= 4 is 11.6 Å². The van der Waals surface area contributed by atoms with Crippen LogP contribution in [0, 0.1) is 5.92 Å². The lowest BCUT2D eigenvalue weighted by Gasteiger charge is -2.34. The second kappa shape index (κ2) is 4.56. The molecule has 0 heterocycles. The maximum absolute atomic E-state index is 11.4. The summed E-state index contributed by atoms with van der Waals surface area (Å²) in [6.45, 7) is 2.26. The van der Waals surface area contributed by atoms with Gasteiger partial charge in [-0.1, -0.05) is 13.0 Å². The van der Waals surface area contributed by atoms with Crippen LogP contribution in [0.3, 0.4) is 0 Å². The Morgan fingerprint density at radius 3 is 2.75 bits per heavy atom. The molecule has 3 nitrogen and oxygen atoms in total. The molecular formula is C13H18N2O. The normalized spacial score (nSPS) is 23.4. The summed E-state index contributed by atoms with van der Waals surface area (Å²) >= 11 is 0. The molecule has 0 unspecified atom stereocenters. The monoisotopic (exact) mass is 218 g/mol. The summed E-state index contributed by atoms with van der Waals surface area (Å²) in [5, 5.41) is 6.08. The van der Waals surface area contributed by atoms with E-state index in [9.17, 15) is 4.79 Å². The lowest BCUT2D eigenvalue weighted by molar-refractivity contribution is 0.0963. The molecule has 1 aromatic rings. The molecule has 16 heavy (non-hydrogen) atoms. The maximum atomic E-state index is 11.4. The van der Waals surface area contributed by atoms with Crippen LogP contribution in [0.25, 0.3) is 0 Å². The maximum Gasteiger partial charge on any atom is 0.251 e. The summed E-state index contributed by atoms with van der Waals surface area (Å²) in [5.41, 5.74) is 1.75. The van der Waals surface area contributed by atoms with Crippen molar-refractivity contribution in [3.05, 3.63) is 29.8 Å². The van der Waals surface area contributed by atoms with Crippen LogP contribution in [-0.2, 0) is 0 Å². The number of benzene rings is 1. The molecule has 2 N–H and O–H groups in total. The zero-order valence-electron chi connectivity index (χ0n) is 9.79. The molecule has 0 atom stereocenters. The van der Waals surface area contributed by atoms with Gasteiger partial charge in [0.15, 0.2) is 0 Å². The van der Waals surface area contributed by atoms with Gasteiger partial charge in [0, 0.05) is 24.3 Å². The number of carbonyl (C=O) groups is 1. The minimum absolute atomic E-state index is 0.0365. The standard InChI is InChI=1S/C13H18N2O/c1-9-6-12(7-9)15-11-5-3-4-10(8-11)13(16)14-2/h3-5,8-9,12,15H,6-7H2,1-2H3,(H,14,16). The lowest BCUT2D eigenvalue weighted by Crippen LogP contribution is -2.33. The summed E-state index contributed by atoms with van der Waals surface area (Å²) in [6.07, 6.45) is 2.45. The van der Waals surface area contributed by atoms with Gasteiger partial charge in [-0.25, -0.2) is 0 Å². The van der Waals surface area contributed by atoms with Crippen LogP contribution in [0.5, 0.6) is 0 Å². The first-order valence-electron chi connectivity index (χ1n) is 5.77. The molecule has 3 heteroatoms. The van der Waals surface area contributed by atoms with Crippen LogP contribution in [0.4, 0.5) is 5.69 Å². The summed E-state index contributed by atoms with van der Waals surface area (Å²) < 4.78 is 0. The van der Waals surface area contributed by atoms with E-state index < -0.39 is 0 Å². The molecule has 1 saturated carbocycles. The smallest absolute Gasteiger partial charge is 0.251 e. The summed E-state index contributed by atoms with van der Waals surface area (Å²) in [7, 11) is 1.65. The highest BCUT2D eigenvalue weighted by molar-refractivity contribution is 5.94. The molecule has 1 aromatic carbocycles. The topological polar surface area (TPSA) is 41.1 Å². The van der Waals surface area contributed by atoms with E-state index in [1.54, 1.807) is 7.05 Å². The van der Waals surface area contributed by atoms with Crippen molar-refractivity contribution in [2.45, 2.75) is 25.8 Å². The Hall–Kier alpha value is -1.51. The van der Waals surface area contributed by atoms with E-state index in [2.05, 4.69) is 17.6 Å². The number of nitrogens with one attached hydrogen (secondary N) is 2. The third-order valence-corrected chi connectivity index (χ3v) is 3.10. The molecule has 0 spiro atoms. The van der Waals surface area contributed by atoms with Gasteiger partial charge in [0.2, 0.25) is 0 Å². The fourth-order valence-corrected chi connectivity index (χ4v) is 2.15. The van der Waals surface area contributed by atoms with Gasteiger partial charge in [0.25, 0.3) is 5.91 Å². The Morgan fingerprint density at radius 2 is 2.12 bits per heavy atom. The zero-order chi connectivity index (χ0) is 11.5. The van der Waals surface area contributed by atoms with Crippen molar-refractivity contribution in [1.82, 2.24) is 5.32 Å². The van der Waals surface area contributed by atoms with E-state index in [-0.39, 0.29) is 5.91 Å². The van der Waals surface area contributed by atoms with Crippen LogP contribution in [0.2, 0.25) is 0 Å². The SMILES string of the molecule is CNC(=O)c1cccc(NC2CC(C)C2)c1. The summed E-state index contributed by atoms with van der Waals surface area (Å²) in [4.78, 5) is 11.4. The third kappa shape index (κ3) is 2.35. The van der Waals surface area contributed by atoms with Gasteiger partial charge in [-0.3, -0.25) is 4.79 Å². The van der Waals surface area contributed by atoms with E-state index in [4.69, 9.17) is 0 Å². The molecular weight excluding hydrogens is 200 g/mol. The van der Waals surface area contributed by atoms with Crippen LogP contribution < -0.4 is 10.6 Å². The molecule has 0 aromatic heterocycles. The van der Waals surface area contributed by atoms with Gasteiger partial charge in [-0.15, -0.1) is 0 Å². The van der Waals surface area contributed by atoms with Gasteiger partial charge in [0.1, 0.15) is 0 Å². The van der Waals surface area contributed by atoms with Gasteiger partial charge in [-0.2, -0.15) is 0 Å². The van der Waals surface area contributed by atoms with Crippen LogP contribution in [0.15, 0.2) is 24.3 Å². The number of anilines is 1. The molecule has 1 amide bonds. The predicted octanol–water partition coefficient (Wildman–Crippen LogP) is 2.26. The number of amides is 1. The predicted molar refractivity (Wildman–Crippen MR) is 65.6 cm³/mol. The number of rotatable bonds is 3. The largest absolute Gasteiger partial charge is 0.382 e. The Bertz CT molecular complexity index is 383. The third-order valence-electron chi connectivity index (χ3n) is 3.10. The van der Waals surface area contributed by atoms with Crippen LogP contribution in [0.1, 0.15) is 30.1 Å². The Kier molecular flexibility index (Phi) is 3.13. The van der Waals surface area contributed by atoms with E-state index >= 15 is 0 Å². The number of hydrogen-bond donors (Lipinski definition) is 2. The highest BCUT2D eigenvalue weighted by Gasteiger charge is 2.24. The molecule has 1 aliphatic carbocycles. The lowest BCUT2D eigenvalue weighted by atomic mass is 9.82. The molecule has 0 saturated heterocycles. The quantitative estimate of drug-likeness (QED) is 0.817. The van der Waals surface area contributed by atoms with E-state index in [0.29, 0.717) is 11.6 Å². The van der Waals surface area contributed by atoms with Crippen molar-refractivity contribution < 1.29 is 4.79 Å². The van der Waals surface area contributed by atoms with Gasteiger partial charge in [0.05, 0.1) is 0 Å². The molecule has 0 bridgehead atoms. The second-order valence-corrected chi connectivity index (χ2v) is 4.58. The van der Waals surface area contributed by atoms with Gasteiger partial charge < -0.3 is 10.6 Å². The fraction of sp³-hybridized carbons (Fsp3) is 0.462. The molecule has 0 radical (unpaired) electrons. The Morgan fingerprint density at radius 1 is 1.38 bits per heavy atom. The van der Waals surface area contributed by atoms with E-state index in [1.165, 1.54) is 12.8 Å². The van der Waals surface area contributed by atoms with Crippen molar-refractivity contribution in [2.75, 3.05) is 12.4 Å². The molecule has 2 rings (SSSR count). The minimum Gasteiger partial charge on any atom is -0.382 e. The first kappa shape index (κ1) is 11.0. The second-order valence-electron chi connectivity index (χ2n) is 4.58. The summed E-state index contributed by atoms with van der Waals surface area (Å²) in [6, 6.07) is 8.23. The van der Waals surface area contributed by atoms with Crippen molar-refractivity contribution in [3.8, 4) is 0 Å². The van der Waals surface area contributed by atoms with Crippen LogP contribution in [-0.4, -0.2) is 19.0 Å². The first-order valence-corrected chi connectivity index (χ1v) is 5.77. The van der Waals surface area contributed by atoms with E-state index in [0.717, 1.165) is 11.6 Å². The molecule has 1 aliphatic rings. The zero-order valence-corrected chi connectivity index (χ0v) is 9.79. The minimum atomic E-state index is -0.0365. The van der Waals surface area contributed by atoms with Crippen molar-refractivity contribution in [1.29, 1.82) is 0 Å². The van der Waals surface area contributed by atoms with Crippen LogP contribution >= 0.6 is 0 Å². The fourth-order valence-electron chi connectivity index (χ4n) is 2.15. The van der Waals surface area contributed by atoms with Crippen molar-refractivity contribution in [3.63, 3.8) is 0 Å². The summed E-state index contributed by atoms with van der Waals surface area (Å²) in [5.74, 6) is 0.797. The Labute approximate surface area is 96.2 Å². The average Bonchev–Trinajstić information content (AvgIpc) is 2.26. The van der Waals surface area contributed by atoms with Crippen molar-refractivity contribution in [2.24, 2.45) is 5.92 Å². The number of carbonyl (C=O) groups excluding carboxylic acids is 1. The first-order chi connectivity index (χ1) is 7.69. The molecule has 0 aliphatic heterocycles.